The fourth-order valence-corrected chi connectivity index (χ4v) is 1.69. The Balaban J connectivity index is 2.82. The van der Waals surface area contributed by atoms with Crippen molar-refractivity contribution in [1.29, 1.82) is 0 Å². The molecule has 2 amide bonds. The lowest BCUT2D eigenvalue weighted by Crippen LogP contribution is -2.49. The van der Waals surface area contributed by atoms with Gasteiger partial charge in [-0.25, -0.2) is 9.86 Å². The van der Waals surface area contributed by atoms with Crippen LogP contribution in [0.25, 0.3) is 0 Å². The summed E-state index contributed by atoms with van der Waals surface area (Å²) < 4.78 is 5.19. The van der Waals surface area contributed by atoms with Gasteiger partial charge in [-0.05, 0) is 32.9 Å². The van der Waals surface area contributed by atoms with Crippen LogP contribution < -0.4 is 5.32 Å². The smallest absolute Gasteiger partial charge is 0.408 e. The van der Waals surface area contributed by atoms with Crippen molar-refractivity contribution in [3.05, 3.63) is 30.1 Å². The van der Waals surface area contributed by atoms with E-state index in [9.17, 15) is 9.59 Å². The highest BCUT2D eigenvalue weighted by molar-refractivity contribution is 5.85. The van der Waals surface area contributed by atoms with Crippen LogP contribution in [0.1, 0.15) is 26.5 Å². The number of amides is 2. The Morgan fingerprint density at radius 3 is 2.55 bits per heavy atom. The quantitative estimate of drug-likeness (QED) is 0.834. The maximum absolute atomic E-state index is 12.3. The summed E-state index contributed by atoms with van der Waals surface area (Å²) in [5.41, 5.74) is 0.0388. The first-order chi connectivity index (χ1) is 10.2. The fourth-order valence-electron chi connectivity index (χ4n) is 1.69. The number of hydrogen-bond donors (Lipinski definition) is 1. The third kappa shape index (κ3) is 6.09. The number of hydroxylamine groups is 2. The molecule has 1 atom stereocenters. The van der Waals surface area contributed by atoms with Crippen LogP contribution in [-0.2, 0) is 20.8 Å². The molecule has 1 N–H and O–H groups in total. The molecule has 22 heavy (non-hydrogen) atoms. The van der Waals surface area contributed by atoms with E-state index in [-0.39, 0.29) is 12.3 Å². The number of aromatic nitrogens is 1. The maximum atomic E-state index is 12.3. The van der Waals surface area contributed by atoms with E-state index in [1.807, 2.05) is 6.07 Å². The molecule has 1 heterocycles. The minimum absolute atomic E-state index is 0.243. The van der Waals surface area contributed by atoms with Gasteiger partial charge in [0.15, 0.2) is 0 Å². The molecule has 1 aromatic heterocycles. The van der Waals surface area contributed by atoms with Gasteiger partial charge in [-0.3, -0.25) is 14.6 Å². The predicted octanol–water partition coefficient (Wildman–Crippen LogP) is 1.54. The highest BCUT2D eigenvalue weighted by atomic mass is 16.7. The highest BCUT2D eigenvalue weighted by Gasteiger charge is 2.27. The number of likely N-dealkylation sites (N-methyl/N-ethyl adjacent to an activating group) is 1. The Morgan fingerprint density at radius 2 is 2.05 bits per heavy atom. The van der Waals surface area contributed by atoms with Gasteiger partial charge in [-0.1, -0.05) is 6.07 Å². The minimum atomic E-state index is -0.824. The molecule has 1 unspecified atom stereocenters. The number of carbonyl (C=O) groups is 2. The Morgan fingerprint density at radius 1 is 1.36 bits per heavy atom. The van der Waals surface area contributed by atoms with Crippen LogP contribution in [0.2, 0.25) is 0 Å². The van der Waals surface area contributed by atoms with Crippen molar-refractivity contribution in [1.82, 2.24) is 15.4 Å². The van der Waals surface area contributed by atoms with Crippen molar-refractivity contribution in [3.63, 3.8) is 0 Å². The van der Waals surface area contributed by atoms with E-state index >= 15 is 0 Å². The lowest BCUT2D eigenvalue weighted by Gasteiger charge is -2.25. The summed E-state index contributed by atoms with van der Waals surface area (Å²) in [4.78, 5) is 33.2. The first-order valence-corrected chi connectivity index (χ1v) is 6.94. The van der Waals surface area contributed by atoms with Crippen molar-refractivity contribution in [2.24, 2.45) is 0 Å². The molecule has 0 spiro atoms. The summed E-state index contributed by atoms with van der Waals surface area (Å²) in [5, 5.41) is 3.63. The first kappa shape index (κ1) is 17.9. The van der Waals surface area contributed by atoms with Crippen molar-refractivity contribution in [2.75, 3.05) is 14.2 Å². The van der Waals surface area contributed by atoms with E-state index in [1.54, 1.807) is 39.1 Å². The van der Waals surface area contributed by atoms with Gasteiger partial charge in [0.1, 0.15) is 11.6 Å². The second-order valence-corrected chi connectivity index (χ2v) is 5.74. The fraction of sp³-hybridized carbons (Fsp3) is 0.533. The molecular weight excluding hydrogens is 286 g/mol. The van der Waals surface area contributed by atoms with Crippen LogP contribution >= 0.6 is 0 Å². The standard InChI is InChI=1S/C15H23N3O4/c1-15(2,3)22-14(20)17-12(13(19)18(4)21-5)10-11-8-6-7-9-16-11/h6-9,12H,10H2,1-5H3,(H,17,20). The lowest BCUT2D eigenvalue weighted by atomic mass is 10.1. The topological polar surface area (TPSA) is 80.8 Å². The minimum Gasteiger partial charge on any atom is -0.444 e. The molecular formula is C15H23N3O4. The number of hydrogen-bond acceptors (Lipinski definition) is 5. The molecule has 0 saturated carbocycles. The number of nitrogens with one attached hydrogen (secondary N) is 1. The average molecular weight is 309 g/mol. The molecule has 7 nitrogen and oxygen atoms in total. The van der Waals surface area contributed by atoms with Crippen LogP contribution in [0.4, 0.5) is 4.79 Å². The third-order valence-corrected chi connectivity index (χ3v) is 2.71. The zero-order valence-corrected chi connectivity index (χ0v) is 13.6. The van der Waals surface area contributed by atoms with Crippen LogP contribution in [0.5, 0.6) is 0 Å². The Labute approximate surface area is 130 Å². The van der Waals surface area contributed by atoms with Crippen molar-refractivity contribution in [2.45, 2.75) is 38.8 Å². The molecule has 0 bridgehead atoms. The summed E-state index contributed by atoms with van der Waals surface area (Å²) >= 11 is 0. The number of carbonyl (C=O) groups excluding carboxylic acids is 2. The second kappa shape index (κ2) is 7.74. The van der Waals surface area contributed by atoms with Gasteiger partial charge in [0.2, 0.25) is 0 Å². The van der Waals surface area contributed by atoms with E-state index in [2.05, 4.69) is 10.3 Å². The maximum Gasteiger partial charge on any atom is 0.408 e. The molecule has 0 aliphatic carbocycles. The Bertz CT molecular complexity index is 499. The average Bonchev–Trinajstić information content (AvgIpc) is 2.44. The third-order valence-electron chi connectivity index (χ3n) is 2.71. The molecule has 122 valence electrons. The van der Waals surface area contributed by atoms with Crippen LogP contribution in [-0.4, -0.2) is 47.8 Å². The Kier molecular flexibility index (Phi) is 6.30. The summed E-state index contributed by atoms with van der Waals surface area (Å²) in [6.07, 6.45) is 1.21. The van der Waals surface area contributed by atoms with Crippen molar-refractivity contribution in [3.8, 4) is 0 Å². The summed E-state index contributed by atoms with van der Waals surface area (Å²) in [6.45, 7) is 5.26. The van der Waals surface area contributed by atoms with E-state index in [1.165, 1.54) is 14.2 Å². The second-order valence-electron chi connectivity index (χ2n) is 5.74. The molecule has 1 aromatic rings. The van der Waals surface area contributed by atoms with Gasteiger partial charge in [-0.15, -0.1) is 0 Å². The monoisotopic (exact) mass is 309 g/mol. The first-order valence-electron chi connectivity index (χ1n) is 6.94. The molecule has 0 fully saturated rings. The number of nitrogens with zero attached hydrogens (tertiary/aromatic N) is 2. The van der Waals surface area contributed by atoms with Gasteiger partial charge >= 0.3 is 6.09 Å². The van der Waals surface area contributed by atoms with E-state index < -0.39 is 17.7 Å². The zero-order valence-electron chi connectivity index (χ0n) is 13.6. The number of alkyl carbamates (subject to hydrolysis) is 1. The van der Waals surface area contributed by atoms with E-state index in [4.69, 9.17) is 9.57 Å². The van der Waals surface area contributed by atoms with Gasteiger partial charge in [0.05, 0.1) is 7.11 Å². The molecule has 7 heteroatoms. The molecule has 0 saturated heterocycles. The molecule has 0 aliphatic rings. The van der Waals surface area contributed by atoms with Crippen LogP contribution in [0, 0.1) is 0 Å². The van der Waals surface area contributed by atoms with Crippen molar-refractivity contribution >= 4 is 12.0 Å². The number of rotatable bonds is 5. The molecule has 0 aliphatic heterocycles. The zero-order chi connectivity index (χ0) is 16.8. The number of ether oxygens (including phenoxy) is 1. The predicted molar refractivity (Wildman–Crippen MR) is 80.9 cm³/mol. The lowest BCUT2D eigenvalue weighted by molar-refractivity contribution is -0.171. The van der Waals surface area contributed by atoms with Crippen molar-refractivity contribution < 1.29 is 19.2 Å². The SMILES string of the molecule is CON(C)C(=O)C(Cc1ccccn1)NC(=O)OC(C)(C)C. The largest absolute Gasteiger partial charge is 0.444 e. The summed E-state index contributed by atoms with van der Waals surface area (Å²) in [5.74, 6) is -0.390. The molecule has 0 aromatic carbocycles. The highest BCUT2D eigenvalue weighted by Crippen LogP contribution is 2.08. The van der Waals surface area contributed by atoms with Gasteiger partial charge in [0, 0.05) is 25.4 Å². The van der Waals surface area contributed by atoms with Gasteiger partial charge in [0.25, 0.3) is 5.91 Å². The molecule has 0 radical (unpaired) electrons. The summed E-state index contributed by atoms with van der Waals surface area (Å²) in [7, 11) is 2.85. The van der Waals surface area contributed by atoms with Gasteiger partial charge < -0.3 is 10.1 Å². The van der Waals surface area contributed by atoms with E-state index in [0.717, 1.165) is 5.06 Å². The van der Waals surface area contributed by atoms with Crippen LogP contribution in [0.15, 0.2) is 24.4 Å². The Hall–Kier alpha value is -2.15. The van der Waals surface area contributed by atoms with E-state index in [0.29, 0.717) is 5.69 Å². The summed E-state index contributed by atoms with van der Waals surface area (Å²) in [6, 6.07) is 4.55. The molecule has 1 rings (SSSR count). The number of pyridine rings is 1. The van der Waals surface area contributed by atoms with Gasteiger partial charge in [-0.2, -0.15) is 0 Å². The van der Waals surface area contributed by atoms with Crippen LogP contribution in [0.3, 0.4) is 0 Å². The normalized spacial score (nSPS) is 12.4.